The van der Waals surface area contributed by atoms with Crippen LogP contribution in [0.2, 0.25) is 0 Å². The van der Waals surface area contributed by atoms with Gasteiger partial charge in [0.2, 0.25) is 0 Å². The Morgan fingerprint density at radius 1 is 1.29 bits per heavy atom. The lowest BCUT2D eigenvalue weighted by molar-refractivity contribution is 0.120. The number of aromatic hydroxyl groups is 1. The average molecular weight is 449 g/mol. The van der Waals surface area contributed by atoms with E-state index in [9.17, 15) is 5.11 Å². The van der Waals surface area contributed by atoms with Crippen LogP contribution < -0.4 is 15.4 Å². The summed E-state index contributed by atoms with van der Waals surface area (Å²) in [6.45, 7) is 6.02. The highest BCUT2D eigenvalue weighted by Gasteiger charge is 2.20. The molecule has 2 aromatic heterocycles. The molecule has 1 atom stereocenters. The molecule has 8 heteroatoms. The molecule has 0 aliphatic carbocycles. The second kappa shape index (κ2) is 11.8. The molecule has 0 bridgehead atoms. The van der Waals surface area contributed by atoms with Crippen LogP contribution in [0.4, 0.5) is 5.82 Å². The Balaban J connectivity index is 0.000000808. The Kier molecular flexibility index (Phi) is 9.43. The van der Waals surface area contributed by atoms with Crippen molar-refractivity contribution in [3.8, 4) is 22.8 Å². The van der Waals surface area contributed by atoms with E-state index in [-0.39, 0.29) is 24.3 Å². The molecule has 1 fully saturated rings. The van der Waals surface area contributed by atoms with Crippen LogP contribution in [0.1, 0.15) is 25.3 Å². The van der Waals surface area contributed by atoms with E-state index >= 15 is 0 Å². The van der Waals surface area contributed by atoms with Gasteiger partial charge in [0, 0.05) is 24.9 Å². The zero-order chi connectivity index (χ0) is 21.5. The van der Waals surface area contributed by atoms with Crippen LogP contribution in [0, 0.1) is 6.92 Å². The first kappa shape index (κ1) is 24.8. The lowest BCUT2D eigenvalue weighted by Gasteiger charge is -2.14. The minimum absolute atomic E-state index is 0. The number of nitrogens with zero attached hydrogens (tertiary/aromatic N) is 2. The van der Waals surface area contributed by atoms with Gasteiger partial charge in [-0.05, 0) is 70.6 Å². The molecule has 4 rings (SSSR count). The van der Waals surface area contributed by atoms with Gasteiger partial charge in [0.1, 0.15) is 17.2 Å². The lowest BCUT2D eigenvalue weighted by atomic mass is 10.1. The maximum Gasteiger partial charge on any atom is 0.161 e. The van der Waals surface area contributed by atoms with E-state index in [4.69, 9.17) is 14.5 Å². The summed E-state index contributed by atoms with van der Waals surface area (Å²) in [5, 5.41) is 16.3. The summed E-state index contributed by atoms with van der Waals surface area (Å²) >= 11 is 0. The number of aryl methyl sites for hydroxylation is 1. The van der Waals surface area contributed by atoms with Crippen LogP contribution in [0.5, 0.6) is 11.5 Å². The van der Waals surface area contributed by atoms with Crippen LogP contribution in [0.25, 0.3) is 16.9 Å². The number of halogens is 1. The van der Waals surface area contributed by atoms with Crippen molar-refractivity contribution in [3.05, 3.63) is 42.1 Å². The molecule has 1 aliphatic heterocycles. The minimum atomic E-state index is 0. The van der Waals surface area contributed by atoms with Crippen molar-refractivity contribution in [2.75, 3.05) is 39.2 Å². The van der Waals surface area contributed by atoms with Crippen LogP contribution in [0.15, 0.2) is 36.5 Å². The fourth-order valence-corrected chi connectivity index (χ4v) is 3.52. The molecule has 0 amide bonds. The number of imidazole rings is 1. The summed E-state index contributed by atoms with van der Waals surface area (Å²) in [5.74, 6) is 1.53. The molecule has 1 unspecified atom stereocenters. The third-order valence-electron chi connectivity index (χ3n) is 4.90. The third kappa shape index (κ3) is 5.81. The number of benzene rings is 1. The van der Waals surface area contributed by atoms with Gasteiger partial charge in [-0.25, -0.2) is 4.98 Å². The van der Waals surface area contributed by atoms with Gasteiger partial charge in [0.25, 0.3) is 0 Å². The number of anilines is 1. The van der Waals surface area contributed by atoms with E-state index in [1.54, 1.807) is 6.07 Å². The zero-order valence-corrected chi connectivity index (χ0v) is 19.5. The van der Waals surface area contributed by atoms with E-state index in [2.05, 4.69) is 28.0 Å². The number of aromatic nitrogens is 2. The normalized spacial score (nSPS) is 15.2. The molecule has 1 aromatic carbocycles. The second-order valence-corrected chi connectivity index (χ2v) is 7.33. The van der Waals surface area contributed by atoms with Crippen molar-refractivity contribution in [2.45, 2.75) is 32.8 Å². The first-order chi connectivity index (χ1) is 14.6. The minimum Gasteiger partial charge on any atom is -0.504 e. The Bertz CT molecular complexity index is 971. The van der Waals surface area contributed by atoms with Gasteiger partial charge < -0.3 is 25.2 Å². The van der Waals surface area contributed by atoms with Gasteiger partial charge in [0.05, 0.1) is 12.7 Å². The largest absolute Gasteiger partial charge is 0.504 e. The SMILES string of the molecule is CCOc1cc(-c2nc3c(C)cccn3c2NCC2CCCO2)ccc1O.CNC.Cl. The number of hydrogen-bond acceptors (Lipinski definition) is 6. The van der Waals surface area contributed by atoms with E-state index in [0.717, 1.165) is 54.3 Å². The van der Waals surface area contributed by atoms with E-state index in [1.165, 1.54) is 0 Å². The third-order valence-corrected chi connectivity index (χ3v) is 4.90. The Morgan fingerprint density at radius 3 is 2.74 bits per heavy atom. The monoisotopic (exact) mass is 448 g/mol. The summed E-state index contributed by atoms with van der Waals surface area (Å²) in [5.41, 5.74) is 3.75. The molecular weight excluding hydrogens is 416 g/mol. The molecule has 0 spiro atoms. The quantitative estimate of drug-likeness (QED) is 0.522. The number of rotatable bonds is 6. The zero-order valence-electron chi connectivity index (χ0n) is 18.6. The van der Waals surface area contributed by atoms with Crippen LogP contribution in [-0.2, 0) is 4.74 Å². The van der Waals surface area contributed by atoms with Gasteiger partial charge in [-0.3, -0.25) is 4.40 Å². The average Bonchev–Trinajstić information content (AvgIpc) is 3.37. The highest BCUT2D eigenvalue weighted by Crippen LogP contribution is 2.35. The molecule has 1 saturated heterocycles. The molecule has 3 N–H and O–H groups in total. The molecular formula is C23H33ClN4O3. The fraction of sp³-hybridized carbons (Fsp3) is 0.435. The van der Waals surface area contributed by atoms with Gasteiger partial charge in [-0.15, -0.1) is 12.4 Å². The predicted octanol–water partition coefficient (Wildman–Crippen LogP) is 4.26. The number of pyridine rings is 1. The summed E-state index contributed by atoms with van der Waals surface area (Å²) in [6.07, 6.45) is 4.43. The van der Waals surface area contributed by atoms with Gasteiger partial charge in [-0.1, -0.05) is 6.07 Å². The number of phenols is 1. The molecule has 0 saturated carbocycles. The first-order valence-corrected chi connectivity index (χ1v) is 10.5. The van der Waals surface area contributed by atoms with E-state index < -0.39 is 0 Å². The van der Waals surface area contributed by atoms with Crippen molar-refractivity contribution in [3.63, 3.8) is 0 Å². The lowest BCUT2D eigenvalue weighted by Crippen LogP contribution is -2.19. The molecule has 31 heavy (non-hydrogen) atoms. The fourth-order valence-electron chi connectivity index (χ4n) is 3.52. The van der Waals surface area contributed by atoms with Gasteiger partial charge >= 0.3 is 0 Å². The number of fused-ring (bicyclic) bond motifs is 1. The summed E-state index contributed by atoms with van der Waals surface area (Å²) in [7, 11) is 3.75. The second-order valence-electron chi connectivity index (χ2n) is 7.33. The van der Waals surface area contributed by atoms with Crippen molar-refractivity contribution >= 4 is 23.9 Å². The smallest absolute Gasteiger partial charge is 0.161 e. The Morgan fingerprint density at radius 2 is 2.06 bits per heavy atom. The number of phenolic OH excluding ortho intramolecular Hbond substituents is 1. The van der Waals surface area contributed by atoms with Crippen LogP contribution in [0.3, 0.4) is 0 Å². The maximum absolute atomic E-state index is 10.0. The highest BCUT2D eigenvalue weighted by molar-refractivity contribution is 5.85. The van der Waals surface area contributed by atoms with E-state index in [0.29, 0.717) is 12.4 Å². The Labute approximate surface area is 190 Å². The van der Waals surface area contributed by atoms with Crippen LogP contribution >= 0.6 is 12.4 Å². The molecule has 3 aromatic rings. The van der Waals surface area contributed by atoms with Crippen molar-refractivity contribution in [1.82, 2.24) is 14.7 Å². The van der Waals surface area contributed by atoms with Gasteiger partial charge in [0.15, 0.2) is 11.5 Å². The molecule has 170 valence electrons. The molecule has 3 heterocycles. The molecule has 7 nitrogen and oxygen atoms in total. The standard InChI is InChI=1S/C21H25N3O3.C2H7N.ClH/c1-3-26-18-12-15(8-9-17(18)25)19-21(22-13-16-7-5-11-27-16)24-10-4-6-14(2)20(24)23-19;1-3-2;/h4,6,8-10,12,16,22,25H,3,5,7,11,13H2,1-2H3;3H,1-2H3;1H. The number of nitrogens with one attached hydrogen (secondary N) is 2. The van der Waals surface area contributed by atoms with Crippen molar-refractivity contribution in [2.24, 2.45) is 0 Å². The molecule has 0 radical (unpaired) electrons. The predicted molar refractivity (Wildman–Crippen MR) is 128 cm³/mol. The van der Waals surface area contributed by atoms with Crippen LogP contribution in [-0.4, -0.2) is 54.4 Å². The van der Waals surface area contributed by atoms with Crippen molar-refractivity contribution < 1.29 is 14.6 Å². The first-order valence-electron chi connectivity index (χ1n) is 10.5. The van der Waals surface area contributed by atoms with Gasteiger partial charge in [-0.2, -0.15) is 0 Å². The summed E-state index contributed by atoms with van der Waals surface area (Å²) < 4.78 is 13.4. The Hall–Kier alpha value is -2.48. The maximum atomic E-state index is 10.0. The molecule has 1 aliphatic rings. The number of ether oxygens (including phenoxy) is 2. The summed E-state index contributed by atoms with van der Waals surface area (Å²) in [4.78, 5) is 4.88. The number of hydrogen-bond donors (Lipinski definition) is 3. The van der Waals surface area contributed by atoms with E-state index in [1.807, 2.05) is 45.4 Å². The topological polar surface area (TPSA) is 80.1 Å². The summed E-state index contributed by atoms with van der Waals surface area (Å²) in [6, 6.07) is 9.44. The highest BCUT2D eigenvalue weighted by atomic mass is 35.5. The van der Waals surface area contributed by atoms with Crippen molar-refractivity contribution in [1.29, 1.82) is 0 Å².